The molecule has 0 radical (unpaired) electrons. The summed E-state index contributed by atoms with van der Waals surface area (Å²) in [6.07, 6.45) is 0. The summed E-state index contributed by atoms with van der Waals surface area (Å²) in [7, 11) is 1.59. The maximum Gasteiger partial charge on any atom is 0.270 e. The zero-order chi connectivity index (χ0) is 8.97. The van der Waals surface area contributed by atoms with Gasteiger partial charge in [-0.05, 0) is 6.92 Å². The summed E-state index contributed by atoms with van der Waals surface area (Å²) in [5.41, 5.74) is 0.471. The van der Waals surface area contributed by atoms with Crippen LogP contribution in [0.1, 0.15) is 17.4 Å². The summed E-state index contributed by atoms with van der Waals surface area (Å²) in [6.45, 7) is 2.81. The second-order valence-electron chi connectivity index (χ2n) is 2.15. The van der Waals surface area contributed by atoms with Gasteiger partial charge in [0.1, 0.15) is 5.69 Å². The zero-order valence-corrected chi connectivity index (χ0v) is 7.86. The number of aromatic nitrogens is 1. The predicted octanol–water partition coefficient (Wildman–Crippen LogP) is 0.934. The first-order valence-corrected chi connectivity index (χ1v) is 4.57. The number of hydrogen-bond donors (Lipinski definition) is 2. The Morgan fingerprint density at radius 3 is 3.08 bits per heavy atom. The number of nitrogens with zero attached hydrogens (tertiary/aromatic N) is 1. The van der Waals surface area contributed by atoms with Crippen molar-refractivity contribution in [2.24, 2.45) is 0 Å². The van der Waals surface area contributed by atoms with Crippen LogP contribution in [0.15, 0.2) is 5.38 Å². The van der Waals surface area contributed by atoms with Gasteiger partial charge in [-0.1, -0.05) is 0 Å². The lowest BCUT2D eigenvalue weighted by molar-refractivity contribution is 0.0959. The third-order valence-electron chi connectivity index (χ3n) is 1.29. The summed E-state index contributed by atoms with van der Waals surface area (Å²) in [6, 6.07) is 0. The Bertz CT molecular complexity index is 271. The molecule has 0 unspecified atom stereocenters. The highest BCUT2D eigenvalue weighted by atomic mass is 32.1. The van der Waals surface area contributed by atoms with E-state index >= 15 is 0 Å². The molecule has 0 aromatic carbocycles. The third kappa shape index (κ3) is 1.94. The summed E-state index contributed by atoms with van der Waals surface area (Å²) in [4.78, 5) is 15.1. The lowest BCUT2D eigenvalue weighted by atomic mass is 10.5. The van der Waals surface area contributed by atoms with Gasteiger partial charge in [0, 0.05) is 19.0 Å². The number of amides is 1. The SMILES string of the molecule is CCNc1nc(C(=O)NC)cs1. The molecule has 5 heteroatoms. The van der Waals surface area contributed by atoms with Gasteiger partial charge in [0.25, 0.3) is 5.91 Å². The Morgan fingerprint density at radius 2 is 2.50 bits per heavy atom. The molecule has 4 nitrogen and oxygen atoms in total. The number of anilines is 1. The lowest BCUT2D eigenvalue weighted by Gasteiger charge is -1.94. The molecule has 1 aromatic heterocycles. The highest BCUT2D eigenvalue weighted by Gasteiger charge is 2.07. The summed E-state index contributed by atoms with van der Waals surface area (Å²) < 4.78 is 0. The van der Waals surface area contributed by atoms with Gasteiger partial charge in [-0.3, -0.25) is 4.79 Å². The van der Waals surface area contributed by atoms with Crippen LogP contribution >= 0.6 is 11.3 Å². The highest BCUT2D eigenvalue weighted by Crippen LogP contribution is 2.14. The van der Waals surface area contributed by atoms with Crippen molar-refractivity contribution in [2.75, 3.05) is 18.9 Å². The van der Waals surface area contributed by atoms with E-state index < -0.39 is 0 Å². The number of carbonyl (C=O) groups excluding carboxylic acids is 1. The average Bonchev–Trinajstić information content (AvgIpc) is 2.52. The molecule has 0 saturated carbocycles. The van der Waals surface area contributed by atoms with Crippen molar-refractivity contribution >= 4 is 22.4 Å². The molecule has 1 amide bonds. The molecule has 0 bridgehead atoms. The number of rotatable bonds is 3. The molecule has 0 fully saturated rings. The molecule has 0 aliphatic rings. The maximum absolute atomic E-state index is 11.0. The molecule has 0 saturated heterocycles. The molecule has 1 heterocycles. The summed E-state index contributed by atoms with van der Waals surface area (Å²) in [5.74, 6) is -0.143. The first-order valence-electron chi connectivity index (χ1n) is 3.69. The Morgan fingerprint density at radius 1 is 1.75 bits per heavy atom. The number of thiazole rings is 1. The zero-order valence-electron chi connectivity index (χ0n) is 7.05. The van der Waals surface area contributed by atoms with E-state index in [1.807, 2.05) is 6.92 Å². The first kappa shape index (κ1) is 8.99. The van der Waals surface area contributed by atoms with Crippen LogP contribution < -0.4 is 10.6 Å². The molecule has 66 valence electrons. The summed E-state index contributed by atoms with van der Waals surface area (Å²) in [5, 5.41) is 8.07. The molecule has 12 heavy (non-hydrogen) atoms. The second-order valence-corrected chi connectivity index (χ2v) is 3.01. The highest BCUT2D eigenvalue weighted by molar-refractivity contribution is 7.13. The van der Waals surface area contributed by atoms with Gasteiger partial charge >= 0.3 is 0 Å². The van der Waals surface area contributed by atoms with E-state index in [2.05, 4.69) is 15.6 Å². The van der Waals surface area contributed by atoms with E-state index in [4.69, 9.17) is 0 Å². The van der Waals surface area contributed by atoms with Gasteiger partial charge in [-0.15, -0.1) is 11.3 Å². The van der Waals surface area contributed by atoms with E-state index in [-0.39, 0.29) is 5.91 Å². The van der Waals surface area contributed by atoms with Gasteiger partial charge in [-0.25, -0.2) is 4.98 Å². The molecular weight excluding hydrogens is 174 g/mol. The van der Waals surface area contributed by atoms with Crippen LogP contribution in [0.3, 0.4) is 0 Å². The fourth-order valence-corrected chi connectivity index (χ4v) is 1.50. The molecule has 1 rings (SSSR count). The standard InChI is InChI=1S/C7H11N3OS/c1-3-9-7-10-5(4-12-7)6(11)8-2/h4H,3H2,1-2H3,(H,8,11)(H,9,10). The van der Waals surface area contributed by atoms with Gasteiger partial charge in [0.2, 0.25) is 0 Å². The topological polar surface area (TPSA) is 54.0 Å². The van der Waals surface area contributed by atoms with Crippen LogP contribution in [0.5, 0.6) is 0 Å². The number of nitrogens with one attached hydrogen (secondary N) is 2. The van der Waals surface area contributed by atoms with Crippen molar-refractivity contribution in [3.63, 3.8) is 0 Å². The fourth-order valence-electron chi connectivity index (χ4n) is 0.739. The largest absolute Gasteiger partial charge is 0.362 e. The molecule has 1 aromatic rings. The molecule has 2 N–H and O–H groups in total. The first-order chi connectivity index (χ1) is 5.77. The van der Waals surface area contributed by atoms with Crippen LogP contribution in [0, 0.1) is 0 Å². The van der Waals surface area contributed by atoms with Crippen LogP contribution in [0.2, 0.25) is 0 Å². The van der Waals surface area contributed by atoms with Crippen molar-refractivity contribution in [3.05, 3.63) is 11.1 Å². The van der Waals surface area contributed by atoms with Crippen LogP contribution in [-0.4, -0.2) is 24.5 Å². The maximum atomic E-state index is 11.0. The van der Waals surface area contributed by atoms with Crippen LogP contribution in [0.25, 0.3) is 0 Å². The predicted molar refractivity (Wildman–Crippen MR) is 49.7 cm³/mol. The molecule has 0 atom stereocenters. The van der Waals surface area contributed by atoms with E-state index in [1.54, 1.807) is 12.4 Å². The summed E-state index contributed by atoms with van der Waals surface area (Å²) >= 11 is 1.43. The minimum Gasteiger partial charge on any atom is -0.362 e. The van der Waals surface area contributed by atoms with E-state index in [0.29, 0.717) is 5.69 Å². The fraction of sp³-hybridized carbons (Fsp3) is 0.429. The molecular formula is C7H11N3OS. The molecule has 0 spiro atoms. The minimum absolute atomic E-state index is 0.143. The van der Waals surface area contributed by atoms with Crippen molar-refractivity contribution < 1.29 is 4.79 Å². The Hall–Kier alpha value is -1.10. The normalized spacial score (nSPS) is 9.50. The van der Waals surface area contributed by atoms with Crippen molar-refractivity contribution in [1.29, 1.82) is 0 Å². The third-order valence-corrected chi connectivity index (χ3v) is 2.09. The van der Waals surface area contributed by atoms with Crippen molar-refractivity contribution in [3.8, 4) is 0 Å². The smallest absolute Gasteiger partial charge is 0.270 e. The van der Waals surface area contributed by atoms with E-state index in [1.165, 1.54) is 11.3 Å². The van der Waals surface area contributed by atoms with Crippen LogP contribution in [-0.2, 0) is 0 Å². The van der Waals surface area contributed by atoms with Crippen LogP contribution in [0.4, 0.5) is 5.13 Å². The van der Waals surface area contributed by atoms with Crippen molar-refractivity contribution in [2.45, 2.75) is 6.92 Å². The number of carbonyl (C=O) groups is 1. The van der Waals surface area contributed by atoms with Gasteiger partial charge in [0.15, 0.2) is 5.13 Å². The molecule has 0 aliphatic carbocycles. The Balaban J connectivity index is 2.70. The molecule has 0 aliphatic heterocycles. The Kier molecular flexibility index (Phi) is 3.04. The lowest BCUT2D eigenvalue weighted by Crippen LogP contribution is -2.18. The van der Waals surface area contributed by atoms with Gasteiger partial charge in [-0.2, -0.15) is 0 Å². The monoisotopic (exact) mass is 185 g/mol. The minimum atomic E-state index is -0.143. The number of hydrogen-bond acceptors (Lipinski definition) is 4. The van der Waals surface area contributed by atoms with E-state index in [9.17, 15) is 4.79 Å². The quantitative estimate of drug-likeness (QED) is 0.736. The van der Waals surface area contributed by atoms with Gasteiger partial charge in [0.05, 0.1) is 0 Å². The Labute approximate surface area is 75.0 Å². The average molecular weight is 185 g/mol. The van der Waals surface area contributed by atoms with E-state index in [0.717, 1.165) is 11.7 Å². The second kappa shape index (κ2) is 4.06. The van der Waals surface area contributed by atoms with Gasteiger partial charge < -0.3 is 10.6 Å². The van der Waals surface area contributed by atoms with Crippen molar-refractivity contribution in [1.82, 2.24) is 10.3 Å².